The lowest BCUT2D eigenvalue weighted by Crippen LogP contribution is -2.63. The second kappa shape index (κ2) is 5.61. The highest BCUT2D eigenvalue weighted by atomic mass is 15.3. The molecule has 1 aromatic rings. The quantitative estimate of drug-likeness (QED) is 0.869. The van der Waals surface area contributed by atoms with Crippen molar-refractivity contribution in [3.8, 4) is 0 Å². The molecular formula is C16H25N3. The molecule has 3 heteroatoms. The van der Waals surface area contributed by atoms with E-state index in [1.165, 1.54) is 51.1 Å². The minimum atomic E-state index is 0.415. The van der Waals surface area contributed by atoms with Crippen LogP contribution in [-0.4, -0.2) is 55.1 Å². The third-order valence-corrected chi connectivity index (χ3v) is 4.86. The minimum Gasteiger partial charge on any atom is -0.317 e. The molecule has 2 aliphatic heterocycles. The van der Waals surface area contributed by atoms with Gasteiger partial charge in [0.1, 0.15) is 0 Å². The van der Waals surface area contributed by atoms with Gasteiger partial charge in [-0.3, -0.25) is 9.80 Å². The zero-order valence-corrected chi connectivity index (χ0v) is 11.9. The maximum absolute atomic E-state index is 3.50. The highest BCUT2D eigenvalue weighted by molar-refractivity contribution is 5.15. The molecule has 3 nitrogen and oxygen atoms in total. The van der Waals surface area contributed by atoms with E-state index < -0.39 is 0 Å². The Bertz CT molecular complexity index is 398. The Morgan fingerprint density at radius 1 is 1.11 bits per heavy atom. The van der Waals surface area contributed by atoms with Crippen molar-refractivity contribution in [2.75, 3.05) is 39.8 Å². The summed E-state index contributed by atoms with van der Waals surface area (Å²) in [6, 6.07) is 10.9. The highest BCUT2D eigenvalue weighted by Gasteiger charge is 2.40. The van der Waals surface area contributed by atoms with E-state index in [2.05, 4.69) is 52.5 Å². The maximum Gasteiger partial charge on any atom is 0.0358 e. The molecule has 2 saturated heterocycles. The number of nitrogens with one attached hydrogen (secondary N) is 1. The van der Waals surface area contributed by atoms with Gasteiger partial charge < -0.3 is 5.32 Å². The van der Waals surface area contributed by atoms with E-state index >= 15 is 0 Å². The zero-order chi connectivity index (χ0) is 13.1. The fourth-order valence-corrected chi connectivity index (χ4v) is 3.55. The van der Waals surface area contributed by atoms with Gasteiger partial charge in [0.2, 0.25) is 0 Å². The van der Waals surface area contributed by atoms with Crippen LogP contribution in [0.25, 0.3) is 0 Å². The summed E-state index contributed by atoms with van der Waals surface area (Å²) >= 11 is 0. The topological polar surface area (TPSA) is 18.5 Å². The van der Waals surface area contributed by atoms with E-state index in [0.717, 1.165) is 6.54 Å². The predicted molar refractivity (Wildman–Crippen MR) is 79.2 cm³/mol. The van der Waals surface area contributed by atoms with Crippen molar-refractivity contribution in [3.63, 3.8) is 0 Å². The van der Waals surface area contributed by atoms with Crippen molar-refractivity contribution >= 4 is 0 Å². The van der Waals surface area contributed by atoms with Crippen LogP contribution in [-0.2, 0) is 6.54 Å². The van der Waals surface area contributed by atoms with Gasteiger partial charge in [0.05, 0.1) is 0 Å². The molecule has 0 unspecified atom stereocenters. The summed E-state index contributed by atoms with van der Waals surface area (Å²) in [6.07, 6.45) is 2.57. The first-order chi connectivity index (χ1) is 9.28. The molecule has 0 atom stereocenters. The molecule has 0 aromatic heterocycles. The molecule has 2 aliphatic rings. The van der Waals surface area contributed by atoms with Gasteiger partial charge in [-0.15, -0.1) is 0 Å². The molecule has 104 valence electrons. The molecule has 2 fully saturated rings. The Kier molecular flexibility index (Phi) is 3.87. The van der Waals surface area contributed by atoms with Gasteiger partial charge in [-0.1, -0.05) is 30.3 Å². The number of nitrogens with zero attached hydrogens (tertiary/aromatic N) is 2. The maximum atomic E-state index is 3.50. The van der Waals surface area contributed by atoms with Gasteiger partial charge in [-0.25, -0.2) is 0 Å². The van der Waals surface area contributed by atoms with Gasteiger partial charge in [-0.05, 0) is 38.5 Å². The number of hydrogen-bond acceptors (Lipinski definition) is 3. The van der Waals surface area contributed by atoms with Gasteiger partial charge >= 0.3 is 0 Å². The molecule has 3 rings (SSSR count). The first-order valence-electron chi connectivity index (χ1n) is 7.47. The Balaban J connectivity index is 1.68. The molecule has 19 heavy (non-hydrogen) atoms. The van der Waals surface area contributed by atoms with E-state index in [9.17, 15) is 0 Å². The molecule has 0 radical (unpaired) electrons. The van der Waals surface area contributed by atoms with Crippen LogP contribution in [0.15, 0.2) is 30.3 Å². The summed E-state index contributed by atoms with van der Waals surface area (Å²) < 4.78 is 0. The highest BCUT2D eigenvalue weighted by Crippen LogP contribution is 2.29. The van der Waals surface area contributed by atoms with Gasteiger partial charge in [0.25, 0.3) is 0 Å². The molecule has 0 aliphatic carbocycles. The van der Waals surface area contributed by atoms with E-state index in [-0.39, 0.29) is 0 Å². The molecule has 1 N–H and O–H groups in total. The van der Waals surface area contributed by atoms with Crippen LogP contribution in [0.4, 0.5) is 0 Å². The normalized spacial score (nSPS) is 24.7. The van der Waals surface area contributed by atoms with Gasteiger partial charge in [-0.2, -0.15) is 0 Å². The zero-order valence-electron chi connectivity index (χ0n) is 11.9. The SMILES string of the molecule is CN1CCN(Cc2ccccc2)CC12CCNCC2. The number of hydrogen-bond donors (Lipinski definition) is 1. The summed E-state index contributed by atoms with van der Waals surface area (Å²) in [5.41, 5.74) is 1.86. The van der Waals surface area contributed by atoms with Crippen molar-refractivity contribution in [1.29, 1.82) is 0 Å². The molecule has 1 spiro atoms. The van der Waals surface area contributed by atoms with Crippen LogP contribution in [0.5, 0.6) is 0 Å². The first kappa shape index (κ1) is 13.1. The van der Waals surface area contributed by atoms with Crippen LogP contribution in [0.2, 0.25) is 0 Å². The molecule has 2 heterocycles. The second-order valence-corrected chi connectivity index (χ2v) is 6.09. The monoisotopic (exact) mass is 259 g/mol. The summed E-state index contributed by atoms with van der Waals surface area (Å²) in [4.78, 5) is 5.25. The van der Waals surface area contributed by atoms with E-state index in [0.29, 0.717) is 5.54 Å². The van der Waals surface area contributed by atoms with Crippen molar-refractivity contribution in [2.24, 2.45) is 0 Å². The number of rotatable bonds is 2. The number of piperazine rings is 1. The van der Waals surface area contributed by atoms with E-state index in [1.807, 2.05) is 0 Å². The Labute approximate surface area is 116 Å². The number of piperidine rings is 1. The average molecular weight is 259 g/mol. The van der Waals surface area contributed by atoms with Gasteiger partial charge in [0, 0.05) is 31.7 Å². The van der Waals surface area contributed by atoms with Crippen LogP contribution < -0.4 is 5.32 Å². The molecule has 0 bridgehead atoms. The molecule has 0 amide bonds. The largest absolute Gasteiger partial charge is 0.317 e. The third kappa shape index (κ3) is 2.83. The summed E-state index contributed by atoms with van der Waals surface area (Å²) in [7, 11) is 2.31. The lowest BCUT2D eigenvalue weighted by atomic mass is 9.84. The number of likely N-dealkylation sites (N-methyl/N-ethyl adjacent to an activating group) is 1. The standard InChI is InChI=1S/C16H25N3/c1-18-11-12-19(13-15-5-3-2-4-6-15)14-16(18)7-9-17-10-8-16/h2-6,17H,7-14H2,1H3. The average Bonchev–Trinajstić information content (AvgIpc) is 2.45. The summed E-state index contributed by atoms with van der Waals surface area (Å²) in [5.74, 6) is 0. The lowest BCUT2D eigenvalue weighted by molar-refractivity contribution is -0.00819. The Morgan fingerprint density at radius 3 is 2.58 bits per heavy atom. The summed E-state index contributed by atoms with van der Waals surface area (Å²) in [6.45, 7) is 7.06. The van der Waals surface area contributed by atoms with Crippen LogP contribution in [0.1, 0.15) is 18.4 Å². The Morgan fingerprint density at radius 2 is 1.84 bits per heavy atom. The van der Waals surface area contributed by atoms with Crippen LogP contribution >= 0.6 is 0 Å². The molecular weight excluding hydrogens is 234 g/mol. The third-order valence-electron chi connectivity index (χ3n) is 4.86. The van der Waals surface area contributed by atoms with Crippen molar-refractivity contribution in [1.82, 2.24) is 15.1 Å². The van der Waals surface area contributed by atoms with E-state index in [4.69, 9.17) is 0 Å². The van der Waals surface area contributed by atoms with Crippen molar-refractivity contribution in [2.45, 2.75) is 24.9 Å². The molecule has 1 aromatic carbocycles. The van der Waals surface area contributed by atoms with Crippen molar-refractivity contribution in [3.05, 3.63) is 35.9 Å². The molecule has 0 saturated carbocycles. The van der Waals surface area contributed by atoms with E-state index in [1.54, 1.807) is 0 Å². The summed E-state index contributed by atoms with van der Waals surface area (Å²) in [5, 5.41) is 3.50. The van der Waals surface area contributed by atoms with Crippen LogP contribution in [0, 0.1) is 0 Å². The fraction of sp³-hybridized carbons (Fsp3) is 0.625. The predicted octanol–water partition coefficient (Wildman–Crippen LogP) is 1.56. The smallest absolute Gasteiger partial charge is 0.0358 e. The fourth-order valence-electron chi connectivity index (χ4n) is 3.55. The Hall–Kier alpha value is -0.900. The minimum absolute atomic E-state index is 0.415. The van der Waals surface area contributed by atoms with Crippen LogP contribution in [0.3, 0.4) is 0 Å². The van der Waals surface area contributed by atoms with Crippen molar-refractivity contribution < 1.29 is 0 Å². The lowest BCUT2D eigenvalue weighted by Gasteiger charge is -2.51. The number of benzene rings is 1. The second-order valence-electron chi connectivity index (χ2n) is 6.09. The first-order valence-corrected chi connectivity index (χ1v) is 7.47. The van der Waals surface area contributed by atoms with Gasteiger partial charge in [0.15, 0.2) is 0 Å².